The quantitative estimate of drug-likeness (QED) is 0.734. The van der Waals surface area contributed by atoms with Crippen molar-refractivity contribution in [2.75, 3.05) is 16.8 Å². The van der Waals surface area contributed by atoms with Gasteiger partial charge in [0, 0.05) is 36.3 Å². The van der Waals surface area contributed by atoms with E-state index in [1.54, 1.807) is 0 Å². The first-order valence-corrected chi connectivity index (χ1v) is 9.36. The highest BCUT2D eigenvalue weighted by molar-refractivity contribution is 5.95. The largest absolute Gasteiger partial charge is 0.367 e. The number of anilines is 2. The van der Waals surface area contributed by atoms with Gasteiger partial charge in [-0.2, -0.15) is 5.10 Å². The summed E-state index contributed by atoms with van der Waals surface area (Å²) in [5, 5.41) is 9.88. The van der Waals surface area contributed by atoms with E-state index in [2.05, 4.69) is 55.7 Å². The van der Waals surface area contributed by atoms with Gasteiger partial charge in [0.2, 0.25) is 5.91 Å². The third-order valence-electron chi connectivity index (χ3n) is 5.53. The first-order valence-electron chi connectivity index (χ1n) is 9.36. The molecule has 1 amide bonds. The molecule has 2 N–H and O–H groups in total. The molecule has 0 radical (unpaired) electrons. The van der Waals surface area contributed by atoms with Gasteiger partial charge in [0.1, 0.15) is 12.2 Å². The second-order valence-electron chi connectivity index (χ2n) is 7.27. The maximum atomic E-state index is 12.7. The fourth-order valence-electron chi connectivity index (χ4n) is 3.96. The van der Waals surface area contributed by atoms with E-state index >= 15 is 0 Å². The summed E-state index contributed by atoms with van der Waals surface area (Å²) >= 11 is 0. The van der Waals surface area contributed by atoms with Crippen molar-refractivity contribution < 1.29 is 4.79 Å². The maximum absolute atomic E-state index is 12.7. The standard InChI is InChI=1S/C21H21N5O/c27-21(17-11-16(17)20-22-13-23-25-20)24-18-7-3-1-6-15(18)12-26-10-9-14-5-2-4-8-19(14)26/h1-8,13,16-17H,9-12H2,(H,24,27)(H,22,23,25)/t16-,17+/m1/s1. The molecule has 0 saturated heterocycles. The maximum Gasteiger partial charge on any atom is 0.228 e. The van der Waals surface area contributed by atoms with E-state index in [1.807, 2.05) is 18.2 Å². The highest BCUT2D eigenvalue weighted by Crippen LogP contribution is 2.46. The van der Waals surface area contributed by atoms with Crippen LogP contribution >= 0.6 is 0 Å². The van der Waals surface area contributed by atoms with Gasteiger partial charge < -0.3 is 10.2 Å². The predicted octanol–water partition coefficient (Wildman–Crippen LogP) is 3.11. The SMILES string of the molecule is O=C(Nc1ccccc1CN1CCc2ccccc21)[C@H]1C[C@H]1c1ncn[nH]1. The van der Waals surface area contributed by atoms with E-state index in [0.717, 1.165) is 43.0 Å². The van der Waals surface area contributed by atoms with Crippen molar-refractivity contribution >= 4 is 17.3 Å². The highest BCUT2D eigenvalue weighted by Gasteiger charge is 2.46. The number of benzene rings is 2. The Bertz CT molecular complexity index is 968. The van der Waals surface area contributed by atoms with Crippen molar-refractivity contribution in [3.8, 4) is 0 Å². The molecule has 0 unspecified atom stereocenters. The molecule has 6 nitrogen and oxygen atoms in total. The van der Waals surface area contributed by atoms with Crippen LogP contribution in [-0.4, -0.2) is 27.6 Å². The molecule has 3 aromatic rings. The lowest BCUT2D eigenvalue weighted by atomic mass is 10.1. The number of nitrogens with zero attached hydrogens (tertiary/aromatic N) is 3. The molecule has 5 rings (SSSR count). The normalized spacial score (nSPS) is 20.4. The number of nitrogens with one attached hydrogen (secondary N) is 2. The molecule has 1 fully saturated rings. The van der Waals surface area contributed by atoms with Gasteiger partial charge in [0.25, 0.3) is 0 Å². The number of carbonyl (C=O) groups is 1. The number of rotatable bonds is 5. The molecule has 1 aliphatic carbocycles. The molecule has 6 heteroatoms. The first kappa shape index (κ1) is 16.1. The van der Waals surface area contributed by atoms with Crippen LogP contribution in [0.3, 0.4) is 0 Å². The lowest BCUT2D eigenvalue weighted by Crippen LogP contribution is -2.22. The summed E-state index contributed by atoms with van der Waals surface area (Å²) in [4.78, 5) is 19.2. The van der Waals surface area contributed by atoms with Crippen LogP contribution in [0.15, 0.2) is 54.9 Å². The average molecular weight is 359 g/mol. The van der Waals surface area contributed by atoms with E-state index in [9.17, 15) is 4.79 Å². The smallest absolute Gasteiger partial charge is 0.228 e. The van der Waals surface area contributed by atoms with Gasteiger partial charge in [-0.25, -0.2) is 4.98 Å². The minimum atomic E-state index is -0.0291. The number of hydrogen-bond donors (Lipinski definition) is 2. The Balaban J connectivity index is 1.30. The minimum Gasteiger partial charge on any atom is -0.367 e. The van der Waals surface area contributed by atoms with Crippen molar-refractivity contribution in [3.05, 3.63) is 71.8 Å². The molecule has 0 spiro atoms. The van der Waals surface area contributed by atoms with Crippen molar-refractivity contribution in [2.24, 2.45) is 5.92 Å². The summed E-state index contributed by atoms with van der Waals surface area (Å²) in [5.74, 6) is 0.992. The zero-order valence-electron chi connectivity index (χ0n) is 14.9. The Labute approximate surface area is 157 Å². The molecular formula is C21H21N5O. The van der Waals surface area contributed by atoms with Gasteiger partial charge >= 0.3 is 0 Å². The summed E-state index contributed by atoms with van der Waals surface area (Å²) in [6, 6.07) is 16.6. The van der Waals surface area contributed by atoms with Crippen molar-refractivity contribution in [2.45, 2.75) is 25.3 Å². The first-order chi connectivity index (χ1) is 13.3. The summed E-state index contributed by atoms with van der Waals surface area (Å²) in [6.07, 6.45) is 3.39. The molecule has 0 bridgehead atoms. The van der Waals surface area contributed by atoms with Crippen LogP contribution in [0.25, 0.3) is 0 Å². The second kappa shape index (κ2) is 6.54. The highest BCUT2D eigenvalue weighted by atomic mass is 16.2. The van der Waals surface area contributed by atoms with Crippen LogP contribution < -0.4 is 10.2 Å². The molecule has 136 valence electrons. The van der Waals surface area contributed by atoms with Crippen LogP contribution in [0.5, 0.6) is 0 Å². The second-order valence-corrected chi connectivity index (χ2v) is 7.27. The Morgan fingerprint density at radius 3 is 2.93 bits per heavy atom. The molecule has 2 aliphatic rings. The molecule has 1 saturated carbocycles. The molecule has 1 aromatic heterocycles. The average Bonchev–Trinajstić information content (AvgIpc) is 3.12. The fraction of sp³-hybridized carbons (Fsp3) is 0.286. The van der Waals surface area contributed by atoms with Crippen LogP contribution in [0.2, 0.25) is 0 Å². The Hall–Kier alpha value is -3.15. The number of para-hydroxylation sites is 2. The van der Waals surface area contributed by atoms with Crippen LogP contribution in [0.4, 0.5) is 11.4 Å². The lowest BCUT2D eigenvalue weighted by Gasteiger charge is -2.21. The van der Waals surface area contributed by atoms with E-state index < -0.39 is 0 Å². The van der Waals surface area contributed by atoms with Gasteiger partial charge in [-0.1, -0.05) is 36.4 Å². The lowest BCUT2D eigenvalue weighted by molar-refractivity contribution is -0.117. The van der Waals surface area contributed by atoms with Crippen molar-refractivity contribution in [3.63, 3.8) is 0 Å². The minimum absolute atomic E-state index is 0.0291. The Kier molecular flexibility index (Phi) is 3.89. The number of aromatic nitrogens is 3. The zero-order chi connectivity index (χ0) is 18.2. The zero-order valence-corrected chi connectivity index (χ0v) is 14.9. The number of hydrogen-bond acceptors (Lipinski definition) is 4. The van der Waals surface area contributed by atoms with E-state index in [-0.39, 0.29) is 17.7 Å². The third kappa shape index (κ3) is 3.07. The van der Waals surface area contributed by atoms with Crippen molar-refractivity contribution in [1.82, 2.24) is 15.2 Å². The monoisotopic (exact) mass is 359 g/mol. The van der Waals surface area contributed by atoms with Gasteiger partial charge in [0.05, 0.1) is 0 Å². The Morgan fingerprint density at radius 1 is 1.19 bits per heavy atom. The number of aromatic amines is 1. The Morgan fingerprint density at radius 2 is 2.04 bits per heavy atom. The number of carbonyl (C=O) groups excluding carboxylic acids is 1. The van der Waals surface area contributed by atoms with Crippen molar-refractivity contribution in [1.29, 1.82) is 0 Å². The van der Waals surface area contributed by atoms with Crippen LogP contribution in [0.1, 0.15) is 29.3 Å². The van der Waals surface area contributed by atoms with Gasteiger partial charge in [-0.15, -0.1) is 0 Å². The van der Waals surface area contributed by atoms with E-state index in [4.69, 9.17) is 0 Å². The predicted molar refractivity (Wildman–Crippen MR) is 103 cm³/mol. The number of H-pyrrole nitrogens is 1. The fourth-order valence-corrected chi connectivity index (χ4v) is 3.96. The van der Waals surface area contributed by atoms with Crippen LogP contribution in [0, 0.1) is 5.92 Å². The molecule has 2 aromatic carbocycles. The van der Waals surface area contributed by atoms with Crippen LogP contribution in [-0.2, 0) is 17.8 Å². The van der Waals surface area contributed by atoms with E-state index in [1.165, 1.54) is 17.6 Å². The molecule has 2 heterocycles. The molecular weight excluding hydrogens is 338 g/mol. The summed E-state index contributed by atoms with van der Waals surface area (Å²) in [7, 11) is 0. The van der Waals surface area contributed by atoms with Gasteiger partial charge in [-0.05, 0) is 36.1 Å². The van der Waals surface area contributed by atoms with E-state index in [0.29, 0.717) is 0 Å². The summed E-state index contributed by atoms with van der Waals surface area (Å²) < 4.78 is 0. The van der Waals surface area contributed by atoms with Gasteiger partial charge in [-0.3, -0.25) is 9.89 Å². The number of fused-ring (bicyclic) bond motifs is 1. The third-order valence-corrected chi connectivity index (χ3v) is 5.53. The molecule has 27 heavy (non-hydrogen) atoms. The summed E-state index contributed by atoms with van der Waals surface area (Å²) in [5.41, 5.74) is 4.73. The summed E-state index contributed by atoms with van der Waals surface area (Å²) in [6.45, 7) is 1.81. The topological polar surface area (TPSA) is 73.9 Å². The molecule has 2 atom stereocenters. The van der Waals surface area contributed by atoms with Gasteiger partial charge in [0.15, 0.2) is 0 Å². The molecule has 1 aliphatic heterocycles. The number of amides is 1.